The number of amides is 1. The maximum atomic E-state index is 13.8. The molecule has 0 aliphatic rings. The van der Waals surface area contributed by atoms with Crippen LogP contribution in [0.1, 0.15) is 40.0 Å². The summed E-state index contributed by atoms with van der Waals surface area (Å²) >= 11 is 3.22. The molecule has 0 spiro atoms. The van der Waals surface area contributed by atoms with E-state index < -0.39 is 11.7 Å². The highest BCUT2D eigenvalue weighted by atomic mass is 79.9. The van der Waals surface area contributed by atoms with E-state index in [1.807, 2.05) is 32.9 Å². The van der Waals surface area contributed by atoms with Gasteiger partial charge in [-0.2, -0.15) is 0 Å². The van der Waals surface area contributed by atoms with Gasteiger partial charge in [-0.05, 0) is 60.0 Å². The molecule has 4 heteroatoms. The Morgan fingerprint density at radius 3 is 2.57 bits per heavy atom. The van der Waals surface area contributed by atoms with Crippen molar-refractivity contribution in [3.8, 4) is 0 Å². The van der Waals surface area contributed by atoms with E-state index in [1.54, 1.807) is 12.1 Å². The average Bonchev–Trinajstić information content (AvgIpc) is 2.37. The van der Waals surface area contributed by atoms with Crippen LogP contribution in [0.15, 0.2) is 40.9 Å². The summed E-state index contributed by atoms with van der Waals surface area (Å²) in [4.78, 5) is 12.3. The van der Waals surface area contributed by atoms with Crippen LogP contribution in [0.4, 0.5) is 4.39 Å². The van der Waals surface area contributed by atoms with Crippen molar-refractivity contribution in [3.05, 3.63) is 68.9 Å². The predicted molar refractivity (Wildman–Crippen MR) is 85.9 cm³/mol. The second kappa shape index (κ2) is 6.39. The topological polar surface area (TPSA) is 29.1 Å². The van der Waals surface area contributed by atoms with Crippen molar-refractivity contribution in [2.75, 3.05) is 0 Å². The predicted octanol–water partition coefficient (Wildman–Crippen LogP) is 4.70. The zero-order chi connectivity index (χ0) is 15.6. The van der Waals surface area contributed by atoms with Gasteiger partial charge in [-0.3, -0.25) is 4.79 Å². The Morgan fingerprint density at radius 2 is 1.95 bits per heavy atom. The Labute approximate surface area is 132 Å². The highest BCUT2D eigenvalue weighted by molar-refractivity contribution is 9.10. The molecule has 2 aromatic carbocycles. The number of carbonyl (C=O) groups excluding carboxylic acids is 1. The first-order valence-electron chi connectivity index (χ1n) is 6.72. The molecule has 2 nitrogen and oxygen atoms in total. The summed E-state index contributed by atoms with van der Waals surface area (Å²) in [5.74, 6) is -0.956. The number of nitrogens with one attached hydrogen (secondary N) is 1. The van der Waals surface area contributed by atoms with Crippen molar-refractivity contribution < 1.29 is 9.18 Å². The van der Waals surface area contributed by atoms with E-state index >= 15 is 0 Å². The van der Waals surface area contributed by atoms with Gasteiger partial charge in [0.2, 0.25) is 0 Å². The molecule has 0 fully saturated rings. The van der Waals surface area contributed by atoms with E-state index in [-0.39, 0.29) is 11.6 Å². The first-order valence-corrected chi connectivity index (χ1v) is 7.51. The summed E-state index contributed by atoms with van der Waals surface area (Å²) in [6.07, 6.45) is 0. The van der Waals surface area contributed by atoms with Crippen LogP contribution in [0.5, 0.6) is 0 Å². The summed E-state index contributed by atoms with van der Waals surface area (Å²) in [5.41, 5.74) is 3.34. The van der Waals surface area contributed by atoms with Gasteiger partial charge < -0.3 is 5.32 Å². The molecule has 0 saturated heterocycles. The van der Waals surface area contributed by atoms with Crippen LogP contribution in [0.25, 0.3) is 0 Å². The van der Waals surface area contributed by atoms with Gasteiger partial charge in [-0.15, -0.1) is 0 Å². The van der Waals surface area contributed by atoms with Crippen LogP contribution < -0.4 is 5.32 Å². The molecule has 2 aromatic rings. The fraction of sp³-hybridized carbons (Fsp3) is 0.235. The molecular weight excluding hydrogens is 333 g/mol. The minimum atomic E-state index is -0.533. The minimum absolute atomic E-state index is 0.0362. The number of aryl methyl sites for hydroxylation is 2. The molecule has 0 aromatic heterocycles. The molecule has 2 rings (SSSR count). The monoisotopic (exact) mass is 349 g/mol. The Hall–Kier alpha value is -1.68. The third kappa shape index (κ3) is 3.50. The SMILES string of the molecule is Cc1ccc(C(C)NC(=O)c2c(F)cccc2Br)c(C)c1. The Morgan fingerprint density at radius 1 is 1.24 bits per heavy atom. The highest BCUT2D eigenvalue weighted by Gasteiger charge is 2.18. The van der Waals surface area contributed by atoms with Crippen molar-refractivity contribution in [1.82, 2.24) is 5.32 Å². The van der Waals surface area contributed by atoms with E-state index in [0.29, 0.717) is 4.47 Å². The van der Waals surface area contributed by atoms with Gasteiger partial charge in [0, 0.05) is 4.47 Å². The smallest absolute Gasteiger partial charge is 0.255 e. The maximum Gasteiger partial charge on any atom is 0.255 e. The van der Waals surface area contributed by atoms with Crippen LogP contribution in [-0.2, 0) is 0 Å². The quantitative estimate of drug-likeness (QED) is 0.855. The van der Waals surface area contributed by atoms with Crippen molar-refractivity contribution >= 4 is 21.8 Å². The molecule has 0 aliphatic heterocycles. The zero-order valence-corrected chi connectivity index (χ0v) is 13.8. The minimum Gasteiger partial charge on any atom is -0.345 e. The van der Waals surface area contributed by atoms with Crippen molar-refractivity contribution in [1.29, 1.82) is 0 Å². The average molecular weight is 350 g/mol. The fourth-order valence-electron chi connectivity index (χ4n) is 2.37. The summed E-state index contributed by atoms with van der Waals surface area (Å²) < 4.78 is 14.2. The van der Waals surface area contributed by atoms with Crippen molar-refractivity contribution in [3.63, 3.8) is 0 Å². The molecule has 0 heterocycles. The van der Waals surface area contributed by atoms with Gasteiger partial charge in [-0.25, -0.2) is 4.39 Å². The summed E-state index contributed by atoms with van der Waals surface area (Å²) in [7, 11) is 0. The largest absolute Gasteiger partial charge is 0.345 e. The van der Waals surface area contributed by atoms with Crippen LogP contribution in [0, 0.1) is 19.7 Å². The van der Waals surface area contributed by atoms with Gasteiger partial charge in [0.15, 0.2) is 0 Å². The van der Waals surface area contributed by atoms with Crippen LogP contribution in [0.3, 0.4) is 0 Å². The van der Waals surface area contributed by atoms with E-state index in [9.17, 15) is 9.18 Å². The molecular formula is C17H17BrFNO. The summed E-state index contributed by atoms with van der Waals surface area (Å²) in [6.45, 7) is 5.92. The van der Waals surface area contributed by atoms with Crippen LogP contribution in [0.2, 0.25) is 0 Å². The maximum absolute atomic E-state index is 13.8. The molecule has 110 valence electrons. The van der Waals surface area contributed by atoms with Gasteiger partial charge in [0.1, 0.15) is 5.82 Å². The number of benzene rings is 2. The normalized spacial score (nSPS) is 12.0. The van der Waals surface area contributed by atoms with E-state index in [4.69, 9.17) is 0 Å². The number of carbonyl (C=O) groups is 1. The molecule has 0 aliphatic carbocycles. The van der Waals surface area contributed by atoms with Crippen LogP contribution in [-0.4, -0.2) is 5.91 Å². The van der Waals surface area contributed by atoms with Gasteiger partial charge in [-0.1, -0.05) is 29.8 Å². The molecule has 1 unspecified atom stereocenters. The molecule has 0 saturated carbocycles. The second-order valence-electron chi connectivity index (χ2n) is 5.15. The van der Waals surface area contributed by atoms with Gasteiger partial charge >= 0.3 is 0 Å². The zero-order valence-electron chi connectivity index (χ0n) is 12.2. The van der Waals surface area contributed by atoms with Crippen LogP contribution >= 0.6 is 15.9 Å². The Kier molecular flexibility index (Phi) is 4.78. The Balaban J connectivity index is 2.23. The molecule has 1 atom stereocenters. The van der Waals surface area contributed by atoms with Gasteiger partial charge in [0.05, 0.1) is 11.6 Å². The molecule has 1 amide bonds. The highest BCUT2D eigenvalue weighted by Crippen LogP contribution is 2.22. The molecule has 0 bridgehead atoms. The number of hydrogen-bond donors (Lipinski definition) is 1. The lowest BCUT2D eigenvalue weighted by Gasteiger charge is -2.18. The molecule has 1 N–H and O–H groups in total. The third-order valence-electron chi connectivity index (χ3n) is 3.43. The standard InChI is InChI=1S/C17H17BrFNO/c1-10-7-8-13(11(2)9-10)12(3)20-17(21)16-14(18)5-4-6-15(16)19/h4-9,12H,1-3H3,(H,20,21). The summed E-state index contributed by atoms with van der Waals surface area (Å²) in [5, 5.41) is 2.85. The van der Waals surface area contributed by atoms with Crippen molar-refractivity contribution in [2.24, 2.45) is 0 Å². The van der Waals surface area contributed by atoms with Crippen molar-refractivity contribution in [2.45, 2.75) is 26.8 Å². The summed E-state index contributed by atoms with van der Waals surface area (Å²) in [6, 6.07) is 10.4. The molecule has 21 heavy (non-hydrogen) atoms. The number of hydrogen-bond acceptors (Lipinski definition) is 1. The van der Waals surface area contributed by atoms with E-state index in [1.165, 1.54) is 11.6 Å². The molecule has 0 radical (unpaired) electrons. The Bertz CT molecular complexity index is 664. The first-order chi connectivity index (χ1) is 9.90. The second-order valence-corrected chi connectivity index (χ2v) is 6.01. The number of halogens is 2. The lowest BCUT2D eigenvalue weighted by molar-refractivity contribution is 0.0935. The fourth-order valence-corrected chi connectivity index (χ4v) is 2.89. The lowest BCUT2D eigenvalue weighted by atomic mass is 10.00. The first kappa shape index (κ1) is 15.7. The lowest BCUT2D eigenvalue weighted by Crippen LogP contribution is -2.28. The van der Waals surface area contributed by atoms with E-state index in [2.05, 4.69) is 27.3 Å². The third-order valence-corrected chi connectivity index (χ3v) is 4.09. The van der Waals surface area contributed by atoms with E-state index in [0.717, 1.165) is 11.1 Å². The van der Waals surface area contributed by atoms with Gasteiger partial charge in [0.25, 0.3) is 5.91 Å². The number of rotatable bonds is 3.